The van der Waals surface area contributed by atoms with Crippen molar-refractivity contribution in [3.8, 4) is 5.75 Å². The van der Waals surface area contributed by atoms with Crippen molar-refractivity contribution in [1.82, 2.24) is 0 Å². The molecule has 2 aromatic rings. The smallest absolute Gasteiger partial charge is 0.126 e. The fraction of sp³-hybridized carbons (Fsp3) is 0.586. The van der Waals surface area contributed by atoms with Crippen molar-refractivity contribution in [1.29, 1.82) is 0 Å². The molecular formula is C29H44O. The van der Waals surface area contributed by atoms with E-state index in [-0.39, 0.29) is 16.4 Å². The Morgan fingerprint density at radius 2 is 1.27 bits per heavy atom. The Morgan fingerprint density at radius 3 is 1.73 bits per heavy atom. The average molecular weight is 409 g/mol. The highest BCUT2D eigenvalue weighted by atomic mass is 16.5. The maximum atomic E-state index is 6.70. The lowest BCUT2D eigenvalue weighted by Gasteiger charge is -2.32. The molecule has 0 spiro atoms. The van der Waals surface area contributed by atoms with Gasteiger partial charge in [0.2, 0.25) is 0 Å². The quantitative estimate of drug-likeness (QED) is 0.468. The molecule has 0 heterocycles. The first kappa shape index (κ1) is 24.5. The molecule has 0 saturated heterocycles. The topological polar surface area (TPSA) is 9.23 Å². The monoisotopic (exact) mass is 408 g/mol. The van der Waals surface area contributed by atoms with Crippen molar-refractivity contribution in [3.05, 3.63) is 64.2 Å². The Labute approximate surface area is 186 Å². The van der Waals surface area contributed by atoms with Gasteiger partial charge in [-0.2, -0.15) is 0 Å². The molecule has 1 heteroatoms. The van der Waals surface area contributed by atoms with Gasteiger partial charge in [-0.3, -0.25) is 0 Å². The van der Waals surface area contributed by atoms with Crippen LogP contribution >= 0.6 is 0 Å². The van der Waals surface area contributed by atoms with Gasteiger partial charge in [0.15, 0.2) is 0 Å². The van der Waals surface area contributed by atoms with Crippen molar-refractivity contribution in [2.75, 3.05) is 0 Å². The van der Waals surface area contributed by atoms with Crippen molar-refractivity contribution >= 4 is 0 Å². The van der Waals surface area contributed by atoms with Crippen LogP contribution in [0.3, 0.4) is 0 Å². The molecule has 0 radical (unpaired) electrons. The third-order valence-electron chi connectivity index (χ3n) is 5.09. The van der Waals surface area contributed by atoms with Crippen LogP contribution in [0.25, 0.3) is 0 Å². The maximum absolute atomic E-state index is 6.70. The molecule has 30 heavy (non-hydrogen) atoms. The van der Waals surface area contributed by atoms with E-state index in [4.69, 9.17) is 4.74 Å². The van der Waals surface area contributed by atoms with E-state index < -0.39 is 0 Å². The van der Waals surface area contributed by atoms with E-state index in [0.717, 1.165) is 31.4 Å². The van der Waals surface area contributed by atoms with Crippen LogP contribution < -0.4 is 4.74 Å². The summed E-state index contributed by atoms with van der Waals surface area (Å²) in [6.45, 7) is 22.8. The van der Waals surface area contributed by atoms with Gasteiger partial charge in [0.05, 0.1) is 0 Å². The fourth-order valence-corrected chi connectivity index (χ4v) is 4.15. The van der Waals surface area contributed by atoms with E-state index in [0.29, 0.717) is 0 Å². The summed E-state index contributed by atoms with van der Waals surface area (Å²) in [5.41, 5.74) is 7.28. The molecule has 0 fully saturated rings. The number of ether oxygens (including phenoxy) is 1. The summed E-state index contributed by atoms with van der Waals surface area (Å²) in [6, 6.07) is 13.3. The Bertz CT molecular complexity index is 824. The first-order valence-corrected chi connectivity index (χ1v) is 11.6. The number of rotatable bonds is 6. The molecule has 0 bridgehead atoms. The average Bonchev–Trinajstić information content (AvgIpc) is 2.56. The molecule has 0 aliphatic heterocycles. The van der Waals surface area contributed by atoms with E-state index in [1.54, 1.807) is 0 Å². The number of benzene rings is 2. The Kier molecular flexibility index (Phi) is 7.49. The third kappa shape index (κ3) is 7.49. The first-order chi connectivity index (χ1) is 13.7. The van der Waals surface area contributed by atoms with Gasteiger partial charge in [-0.25, -0.2) is 0 Å². The molecular weight excluding hydrogens is 364 g/mol. The summed E-state index contributed by atoms with van der Waals surface area (Å²) in [7, 11) is 0. The molecule has 0 saturated carbocycles. The van der Waals surface area contributed by atoms with Crippen molar-refractivity contribution in [3.63, 3.8) is 0 Å². The minimum absolute atomic E-state index is 0.199. The highest BCUT2D eigenvalue weighted by Crippen LogP contribution is 2.40. The second-order valence-corrected chi connectivity index (χ2v) is 12.2. The Balaban J connectivity index is 2.76. The predicted octanol–water partition coefficient (Wildman–Crippen LogP) is 8.19. The highest BCUT2D eigenvalue weighted by molar-refractivity contribution is 5.53. The van der Waals surface area contributed by atoms with Gasteiger partial charge in [0.1, 0.15) is 11.4 Å². The summed E-state index contributed by atoms with van der Waals surface area (Å²) in [5, 5.41) is 0. The van der Waals surface area contributed by atoms with Crippen LogP contribution in [0.15, 0.2) is 36.4 Å². The van der Waals surface area contributed by atoms with E-state index in [1.807, 2.05) is 0 Å². The van der Waals surface area contributed by atoms with Gasteiger partial charge < -0.3 is 4.74 Å². The fourth-order valence-electron chi connectivity index (χ4n) is 4.15. The van der Waals surface area contributed by atoms with Gasteiger partial charge in [-0.05, 0) is 85.1 Å². The van der Waals surface area contributed by atoms with Crippen molar-refractivity contribution in [2.24, 2.45) is 10.8 Å². The lowest BCUT2D eigenvalue weighted by molar-refractivity contribution is 0.125. The largest absolute Gasteiger partial charge is 0.488 e. The van der Waals surface area contributed by atoms with E-state index in [2.05, 4.69) is 106 Å². The van der Waals surface area contributed by atoms with E-state index >= 15 is 0 Å². The zero-order valence-corrected chi connectivity index (χ0v) is 21.2. The van der Waals surface area contributed by atoms with Gasteiger partial charge >= 0.3 is 0 Å². The first-order valence-electron chi connectivity index (χ1n) is 11.6. The van der Waals surface area contributed by atoms with E-state index in [1.165, 1.54) is 27.8 Å². The Morgan fingerprint density at radius 1 is 0.700 bits per heavy atom. The molecule has 0 aliphatic rings. The molecule has 0 amide bonds. The third-order valence-corrected chi connectivity index (χ3v) is 5.09. The Hall–Kier alpha value is -1.76. The molecule has 1 nitrogen and oxygen atoms in total. The van der Waals surface area contributed by atoms with Crippen LogP contribution in [0.4, 0.5) is 0 Å². The SMILES string of the molecule is CCc1c(Cc2ccccc2)cc(CC(C)(C)C)c(OC(C)(C)C)c1CC(C)(C)C. The summed E-state index contributed by atoms with van der Waals surface area (Å²) >= 11 is 0. The van der Waals surface area contributed by atoms with Gasteiger partial charge in [-0.15, -0.1) is 0 Å². The van der Waals surface area contributed by atoms with E-state index in [9.17, 15) is 0 Å². The summed E-state index contributed by atoms with van der Waals surface area (Å²) < 4.78 is 6.70. The molecule has 0 N–H and O–H groups in total. The van der Waals surface area contributed by atoms with Crippen LogP contribution in [0.5, 0.6) is 5.75 Å². The minimum atomic E-state index is -0.217. The van der Waals surface area contributed by atoms with Crippen LogP contribution in [0.2, 0.25) is 0 Å². The van der Waals surface area contributed by atoms with Crippen molar-refractivity contribution < 1.29 is 4.74 Å². The van der Waals surface area contributed by atoms with Crippen molar-refractivity contribution in [2.45, 2.75) is 101 Å². The molecule has 0 aliphatic carbocycles. The predicted molar refractivity (Wildman–Crippen MR) is 132 cm³/mol. The zero-order chi connectivity index (χ0) is 22.7. The van der Waals surface area contributed by atoms with Gasteiger partial charge in [0, 0.05) is 0 Å². The molecule has 2 rings (SSSR count). The highest BCUT2D eigenvalue weighted by Gasteiger charge is 2.27. The summed E-state index contributed by atoms with van der Waals surface area (Å²) in [4.78, 5) is 0. The molecule has 2 aromatic carbocycles. The maximum Gasteiger partial charge on any atom is 0.126 e. The second kappa shape index (κ2) is 9.16. The lowest BCUT2D eigenvalue weighted by atomic mass is 9.79. The van der Waals surface area contributed by atoms with Crippen LogP contribution in [0, 0.1) is 10.8 Å². The molecule has 0 unspecified atom stereocenters. The minimum Gasteiger partial charge on any atom is -0.488 e. The summed E-state index contributed by atoms with van der Waals surface area (Å²) in [6.07, 6.45) is 4.06. The number of hydrogen-bond acceptors (Lipinski definition) is 1. The summed E-state index contributed by atoms with van der Waals surface area (Å²) in [5.74, 6) is 1.14. The zero-order valence-electron chi connectivity index (χ0n) is 21.2. The van der Waals surface area contributed by atoms with Crippen LogP contribution in [-0.2, 0) is 25.7 Å². The van der Waals surface area contributed by atoms with Gasteiger partial charge in [0.25, 0.3) is 0 Å². The molecule has 166 valence electrons. The van der Waals surface area contributed by atoms with Crippen LogP contribution in [0.1, 0.15) is 97.1 Å². The molecule has 0 aromatic heterocycles. The second-order valence-electron chi connectivity index (χ2n) is 12.2. The standard InChI is InChI=1S/C29H44O/c1-11-24-22(17-21-15-13-12-14-16-21)18-23(19-27(2,3)4)26(30-29(8,9)10)25(24)20-28(5,6)7/h12-16,18H,11,17,19-20H2,1-10H3. The van der Waals surface area contributed by atoms with Crippen LogP contribution in [-0.4, -0.2) is 5.60 Å². The van der Waals surface area contributed by atoms with Gasteiger partial charge in [-0.1, -0.05) is 84.9 Å². The normalized spacial score (nSPS) is 12.9. The molecule has 0 atom stereocenters. The lowest BCUT2D eigenvalue weighted by Crippen LogP contribution is -2.27. The number of hydrogen-bond donors (Lipinski definition) is 0.